The molecule has 4 nitrogen and oxygen atoms in total. The third kappa shape index (κ3) is 7.77. The summed E-state index contributed by atoms with van der Waals surface area (Å²) in [7, 11) is 0. The van der Waals surface area contributed by atoms with Crippen molar-refractivity contribution in [3.63, 3.8) is 0 Å². The Morgan fingerprint density at radius 2 is 2.56 bits per heavy atom. The molecule has 0 spiro atoms. The van der Waals surface area contributed by atoms with E-state index in [1.165, 1.54) is 0 Å². The molecule has 0 aliphatic heterocycles. The molecule has 0 aliphatic carbocycles. The van der Waals surface area contributed by atoms with Gasteiger partial charge in [-0.2, -0.15) is 0 Å². The zero-order valence-electron chi connectivity index (χ0n) is 4.99. The normalized spacial score (nSPS) is 14.4. The predicted molar refractivity (Wildman–Crippen MR) is 32.8 cm³/mol. The molecule has 0 bridgehead atoms. The molecule has 0 aromatic heterocycles. The Balaban J connectivity index is 3.01. The van der Waals surface area contributed by atoms with Gasteiger partial charge in [0.15, 0.2) is 0 Å². The lowest BCUT2D eigenvalue weighted by atomic mass is 10.6. The Morgan fingerprint density at radius 3 is 3.00 bits per heavy atom. The van der Waals surface area contributed by atoms with Crippen LogP contribution in [0.5, 0.6) is 0 Å². The highest BCUT2D eigenvalue weighted by Gasteiger charge is 1.77. The Morgan fingerprint density at radius 1 is 1.89 bits per heavy atom. The minimum Gasteiger partial charge on any atom is -0.758 e. The summed E-state index contributed by atoms with van der Waals surface area (Å²) >= 11 is -2.33. The van der Waals surface area contributed by atoms with Gasteiger partial charge in [0.05, 0.1) is 6.61 Å². The van der Waals surface area contributed by atoms with Crippen molar-refractivity contribution in [3.05, 3.63) is 12.2 Å². The summed E-state index contributed by atoms with van der Waals surface area (Å²) in [6.45, 7) is 2.07. The largest absolute Gasteiger partial charge is 0.758 e. The fraction of sp³-hybridized carbons (Fsp3) is 0.500. The molecule has 0 aliphatic rings. The van der Waals surface area contributed by atoms with Crippen molar-refractivity contribution >= 4 is 11.3 Å². The zero-order valence-corrected chi connectivity index (χ0v) is 5.81. The molecule has 0 saturated carbocycles. The smallest absolute Gasteiger partial charge is 0.0875 e. The molecular formula is C4H8NO3S-. The lowest BCUT2D eigenvalue weighted by Gasteiger charge is -2.03. The molecule has 54 valence electrons. The number of rotatable bonds is 4. The van der Waals surface area contributed by atoms with E-state index >= 15 is 0 Å². The van der Waals surface area contributed by atoms with E-state index in [0.29, 0.717) is 0 Å². The first-order chi connectivity index (χ1) is 4.27. The van der Waals surface area contributed by atoms with Crippen molar-refractivity contribution in [2.75, 3.05) is 6.61 Å². The summed E-state index contributed by atoms with van der Waals surface area (Å²) < 4.78 is 19.4. The minimum atomic E-state index is -2.33. The number of allylic oxidation sites excluding steroid dienone is 1. The van der Waals surface area contributed by atoms with Crippen LogP contribution < -0.4 is 4.89 Å². The van der Waals surface area contributed by atoms with E-state index in [1.54, 1.807) is 17.0 Å². The highest BCUT2D eigenvalue weighted by Crippen LogP contribution is 1.72. The van der Waals surface area contributed by atoms with Crippen LogP contribution in [0.4, 0.5) is 0 Å². The molecule has 1 N–H and O–H groups in total. The van der Waals surface area contributed by atoms with Crippen LogP contribution in [0.2, 0.25) is 0 Å². The van der Waals surface area contributed by atoms with E-state index in [4.69, 9.17) is 0 Å². The molecule has 0 rings (SSSR count). The molecule has 0 radical (unpaired) electrons. The third-order valence-corrected chi connectivity index (χ3v) is 0.796. The standard InChI is InChI=1S/C4H9NO3S/c1-2-3-4-8-5-9(6)7/h2-3,5H,4H2,1H3,(H,6,7)/p-1. The van der Waals surface area contributed by atoms with E-state index in [1.807, 2.05) is 6.92 Å². The minimum absolute atomic E-state index is 0.254. The summed E-state index contributed by atoms with van der Waals surface area (Å²) in [6.07, 6.45) is 3.44. The van der Waals surface area contributed by atoms with E-state index < -0.39 is 11.3 Å². The van der Waals surface area contributed by atoms with Crippen molar-refractivity contribution in [2.45, 2.75) is 6.92 Å². The van der Waals surface area contributed by atoms with Crippen LogP contribution >= 0.6 is 0 Å². The van der Waals surface area contributed by atoms with Gasteiger partial charge in [-0.25, -0.2) is 0 Å². The van der Waals surface area contributed by atoms with Gasteiger partial charge in [0.1, 0.15) is 0 Å². The molecule has 0 amide bonds. The van der Waals surface area contributed by atoms with Gasteiger partial charge in [-0.3, -0.25) is 9.05 Å². The second kappa shape index (κ2) is 5.90. The summed E-state index contributed by atoms with van der Waals surface area (Å²) in [4.78, 5) is 6.13. The molecule has 1 unspecified atom stereocenters. The van der Waals surface area contributed by atoms with Crippen molar-refractivity contribution in [1.29, 1.82) is 0 Å². The maximum Gasteiger partial charge on any atom is 0.0875 e. The van der Waals surface area contributed by atoms with Crippen LogP contribution in [0.1, 0.15) is 6.92 Å². The Bertz CT molecular complexity index is 114. The first-order valence-corrected chi connectivity index (χ1v) is 3.42. The van der Waals surface area contributed by atoms with Gasteiger partial charge in [0.2, 0.25) is 0 Å². The van der Waals surface area contributed by atoms with E-state index in [9.17, 15) is 8.76 Å². The molecule has 9 heavy (non-hydrogen) atoms. The van der Waals surface area contributed by atoms with E-state index in [0.717, 1.165) is 0 Å². The van der Waals surface area contributed by atoms with Crippen LogP contribution in [0.15, 0.2) is 12.2 Å². The van der Waals surface area contributed by atoms with Gasteiger partial charge in [-0.15, -0.1) is 4.89 Å². The first kappa shape index (κ1) is 8.77. The molecular weight excluding hydrogens is 142 g/mol. The quantitative estimate of drug-likeness (QED) is 0.263. The van der Waals surface area contributed by atoms with Crippen LogP contribution in [0.25, 0.3) is 0 Å². The fourth-order valence-corrected chi connectivity index (χ4v) is 0.391. The second-order valence-corrected chi connectivity index (χ2v) is 1.83. The molecule has 0 heterocycles. The third-order valence-electron chi connectivity index (χ3n) is 0.542. The van der Waals surface area contributed by atoms with Crippen LogP contribution in [-0.4, -0.2) is 15.4 Å². The maximum atomic E-state index is 9.70. The molecule has 5 heteroatoms. The van der Waals surface area contributed by atoms with E-state index in [2.05, 4.69) is 4.84 Å². The average Bonchev–Trinajstić information content (AvgIpc) is 1.80. The van der Waals surface area contributed by atoms with Gasteiger partial charge in [0.25, 0.3) is 0 Å². The van der Waals surface area contributed by atoms with Gasteiger partial charge >= 0.3 is 0 Å². The molecule has 0 aromatic rings. The average molecular weight is 150 g/mol. The summed E-state index contributed by atoms with van der Waals surface area (Å²) in [6, 6.07) is 0. The lowest BCUT2D eigenvalue weighted by molar-refractivity contribution is 0.117. The van der Waals surface area contributed by atoms with E-state index in [-0.39, 0.29) is 6.61 Å². The van der Waals surface area contributed by atoms with Crippen LogP contribution in [0, 0.1) is 0 Å². The molecule has 1 atom stereocenters. The highest BCUT2D eigenvalue weighted by atomic mass is 32.2. The number of nitrogens with one attached hydrogen (secondary N) is 1. The Kier molecular flexibility index (Phi) is 5.75. The Hall–Kier alpha value is -0.230. The topological polar surface area (TPSA) is 61.4 Å². The molecule has 0 saturated heterocycles. The lowest BCUT2D eigenvalue weighted by Crippen LogP contribution is -2.16. The molecule has 0 aromatic carbocycles. The summed E-state index contributed by atoms with van der Waals surface area (Å²) in [5, 5.41) is 0. The summed E-state index contributed by atoms with van der Waals surface area (Å²) in [5.41, 5.74) is 0. The fourth-order valence-electron chi connectivity index (χ4n) is 0.226. The highest BCUT2D eigenvalue weighted by molar-refractivity contribution is 7.76. The second-order valence-electron chi connectivity index (χ2n) is 1.20. The van der Waals surface area contributed by atoms with Crippen LogP contribution in [0.3, 0.4) is 0 Å². The van der Waals surface area contributed by atoms with Gasteiger partial charge in [-0.05, 0) is 6.92 Å². The summed E-state index contributed by atoms with van der Waals surface area (Å²) in [5.74, 6) is 0. The zero-order chi connectivity index (χ0) is 7.11. The van der Waals surface area contributed by atoms with Crippen molar-refractivity contribution < 1.29 is 13.6 Å². The van der Waals surface area contributed by atoms with Gasteiger partial charge in [0, 0.05) is 11.3 Å². The molecule has 0 fully saturated rings. The first-order valence-electron chi connectivity index (χ1n) is 2.35. The van der Waals surface area contributed by atoms with Gasteiger partial charge in [-0.1, -0.05) is 12.2 Å². The maximum absolute atomic E-state index is 9.70. The van der Waals surface area contributed by atoms with Crippen LogP contribution in [-0.2, 0) is 16.1 Å². The Labute approximate surface area is 56.3 Å². The predicted octanol–water partition coefficient (Wildman–Crippen LogP) is -0.122. The number of hydrogen-bond donors (Lipinski definition) is 1. The van der Waals surface area contributed by atoms with Crippen molar-refractivity contribution in [3.8, 4) is 0 Å². The van der Waals surface area contributed by atoms with Crippen molar-refractivity contribution in [2.24, 2.45) is 0 Å². The SMILES string of the molecule is CC=CCONS(=O)[O-]. The number of hydrogen-bond acceptors (Lipinski definition) is 3. The monoisotopic (exact) mass is 150 g/mol. The van der Waals surface area contributed by atoms with Gasteiger partial charge < -0.3 is 4.55 Å². The van der Waals surface area contributed by atoms with Crippen molar-refractivity contribution in [1.82, 2.24) is 4.89 Å².